The van der Waals surface area contributed by atoms with Gasteiger partial charge in [-0.05, 0) is 42.4 Å². The van der Waals surface area contributed by atoms with Crippen molar-refractivity contribution in [1.29, 1.82) is 0 Å². The first-order chi connectivity index (χ1) is 9.82. The minimum atomic E-state index is 0.149. The van der Waals surface area contributed by atoms with Crippen molar-refractivity contribution in [2.24, 2.45) is 24.1 Å². The van der Waals surface area contributed by atoms with Crippen molar-refractivity contribution < 1.29 is 0 Å². The van der Waals surface area contributed by atoms with E-state index in [0.29, 0.717) is 17.9 Å². The Bertz CT molecular complexity index is 674. The van der Waals surface area contributed by atoms with Crippen molar-refractivity contribution in [1.82, 2.24) is 9.55 Å². The van der Waals surface area contributed by atoms with Crippen LogP contribution in [0.15, 0.2) is 18.2 Å². The van der Waals surface area contributed by atoms with Crippen LogP contribution in [0.4, 0.5) is 0 Å². The van der Waals surface area contributed by atoms with Crippen LogP contribution in [0.3, 0.4) is 0 Å². The normalized spacial score (nSPS) is 29.0. The number of imidazole rings is 1. The standard InChI is InChI=1S/C17H24ClN3/c1-10-13(19)7-6-12(17(10,2)3)16-20-14-9-11(18)5-8-15(14)21(16)4/h5,8-10,12-13H,6-7,19H2,1-4H3. The molecule has 0 radical (unpaired) electrons. The molecule has 3 rings (SSSR count). The number of aromatic nitrogens is 2. The molecule has 1 aliphatic carbocycles. The van der Waals surface area contributed by atoms with Crippen molar-refractivity contribution in [3.63, 3.8) is 0 Å². The molecule has 0 aliphatic heterocycles. The second kappa shape index (κ2) is 4.99. The molecule has 0 spiro atoms. The van der Waals surface area contributed by atoms with Crippen molar-refractivity contribution in [3.8, 4) is 0 Å². The van der Waals surface area contributed by atoms with Gasteiger partial charge < -0.3 is 10.3 Å². The van der Waals surface area contributed by atoms with E-state index in [4.69, 9.17) is 22.3 Å². The van der Waals surface area contributed by atoms with Crippen LogP contribution in [0.2, 0.25) is 5.02 Å². The van der Waals surface area contributed by atoms with Gasteiger partial charge in [0.2, 0.25) is 0 Å². The number of halogens is 1. The zero-order valence-corrected chi connectivity index (χ0v) is 14.0. The zero-order valence-electron chi connectivity index (χ0n) is 13.2. The van der Waals surface area contributed by atoms with Gasteiger partial charge >= 0.3 is 0 Å². The summed E-state index contributed by atoms with van der Waals surface area (Å²) in [5, 5.41) is 0.741. The highest BCUT2D eigenvalue weighted by molar-refractivity contribution is 6.31. The molecule has 1 saturated carbocycles. The molecule has 1 aromatic heterocycles. The molecule has 3 nitrogen and oxygen atoms in total. The van der Waals surface area contributed by atoms with E-state index < -0.39 is 0 Å². The Hall–Kier alpha value is -1.06. The largest absolute Gasteiger partial charge is 0.331 e. The minimum Gasteiger partial charge on any atom is -0.331 e. The number of aryl methyl sites for hydroxylation is 1. The molecule has 1 aliphatic rings. The Morgan fingerprint density at radius 2 is 2.05 bits per heavy atom. The summed E-state index contributed by atoms with van der Waals surface area (Å²) in [7, 11) is 2.11. The van der Waals surface area contributed by atoms with Crippen LogP contribution in [-0.4, -0.2) is 15.6 Å². The first-order valence-corrected chi connectivity index (χ1v) is 8.07. The maximum atomic E-state index is 6.28. The Morgan fingerprint density at radius 1 is 1.33 bits per heavy atom. The van der Waals surface area contributed by atoms with Gasteiger partial charge in [0.25, 0.3) is 0 Å². The molecule has 4 heteroatoms. The van der Waals surface area contributed by atoms with Crippen molar-refractivity contribution in [2.75, 3.05) is 0 Å². The van der Waals surface area contributed by atoms with E-state index in [2.05, 4.69) is 38.5 Å². The van der Waals surface area contributed by atoms with Crippen molar-refractivity contribution >= 4 is 22.6 Å². The fraction of sp³-hybridized carbons (Fsp3) is 0.588. The first-order valence-electron chi connectivity index (χ1n) is 7.70. The monoisotopic (exact) mass is 305 g/mol. The summed E-state index contributed by atoms with van der Waals surface area (Å²) in [6, 6.07) is 6.23. The van der Waals surface area contributed by atoms with E-state index in [0.717, 1.165) is 34.7 Å². The third kappa shape index (κ3) is 2.27. The summed E-state index contributed by atoms with van der Waals surface area (Å²) in [6.45, 7) is 6.93. The molecular formula is C17H24ClN3. The van der Waals surface area contributed by atoms with Crippen LogP contribution in [-0.2, 0) is 7.05 Å². The van der Waals surface area contributed by atoms with Crippen LogP contribution in [0, 0.1) is 11.3 Å². The topological polar surface area (TPSA) is 43.8 Å². The summed E-state index contributed by atoms with van der Waals surface area (Å²) < 4.78 is 2.22. The van der Waals surface area contributed by atoms with Gasteiger partial charge in [-0.15, -0.1) is 0 Å². The molecule has 3 atom stereocenters. The van der Waals surface area contributed by atoms with Crippen LogP contribution in [0.5, 0.6) is 0 Å². The van der Waals surface area contributed by atoms with E-state index in [9.17, 15) is 0 Å². The minimum absolute atomic E-state index is 0.149. The molecular weight excluding hydrogens is 282 g/mol. The summed E-state index contributed by atoms with van der Waals surface area (Å²) in [5.74, 6) is 2.08. The molecule has 3 unspecified atom stereocenters. The van der Waals surface area contributed by atoms with Gasteiger partial charge in [0, 0.05) is 24.0 Å². The molecule has 114 valence electrons. The molecule has 21 heavy (non-hydrogen) atoms. The van der Waals surface area contributed by atoms with E-state index >= 15 is 0 Å². The van der Waals surface area contributed by atoms with Gasteiger partial charge in [0.05, 0.1) is 11.0 Å². The summed E-state index contributed by atoms with van der Waals surface area (Å²) in [6.07, 6.45) is 2.17. The predicted octanol–water partition coefficient (Wildman–Crippen LogP) is 4.09. The molecule has 1 heterocycles. The Labute approximate surface area is 131 Å². The number of nitrogens with zero attached hydrogens (tertiary/aromatic N) is 2. The maximum Gasteiger partial charge on any atom is 0.113 e. The Balaban J connectivity index is 2.09. The highest BCUT2D eigenvalue weighted by Crippen LogP contribution is 2.49. The number of benzene rings is 1. The van der Waals surface area contributed by atoms with Gasteiger partial charge in [-0.25, -0.2) is 4.98 Å². The third-order valence-corrected chi connectivity index (χ3v) is 5.93. The third-order valence-electron chi connectivity index (χ3n) is 5.69. The summed E-state index contributed by atoms with van der Waals surface area (Å²) in [5.41, 5.74) is 8.56. The quantitative estimate of drug-likeness (QED) is 0.862. The summed E-state index contributed by atoms with van der Waals surface area (Å²) >= 11 is 6.10. The average molecular weight is 306 g/mol. The molecule has 2 N–H and O–H groups in total. The smallest absolute Gasteiger partial charge is 0.113 e. The number of fused-ring (bicyclic) bond motifs is 1. The highest BCUT2D eigenvalue weighted by Gasteiger charge is 2.44. The fourth-order valence-electron chi connectivity index (χ4n) is 3.82. The van der Waals surface area contributed by atoms with E-state index in [1.54, 1.807) is 0 Å². The van der Waals surface area contributed by atoms with Crippen LogP contribution >= 0.6 is 11.6 Å². The van der Waals surface area contributed by atoms with Crippen LogP contribution in [0.1, 0.15) is 45.4 Å². The van der Waals surface area contributed by atoms with Crippen molar-refractivity contribution in [3.05, 3.63) is 29.0 Å². The number of hydrogen-bond donors (Lipinski definition) is 1. The molecule has 0 bridgehead atoms. The Kier molecular flexibility index (Phi) is 3.53. The van der Waals surface area contributed by atoms with E-state index in [1.165, 1.54) is 0 Å². The summed E-state index contributed by atoms with van der Waals surface area (Å²) in [4.78, 5) is 4.89. The first kappa shape index (κ1) is 14.9. The molecule has 1 aromatic carbocycles. The lowest BCUT2D eigenvalue weighted by molar-refractivity contribution is 0.0936. The van der Waals surface area contributed by atoms with Gasteiger partial charge in [0.15, 0.2) is 0 Å². The van der Waals surface area contributed by atoms with Crippen LogP contribution < -0.4 is 5.73 Å². The lowest BCUT2D eigenvalue weighted by atomic mass is 9.61. The number of hydrogen-bond acceptors (Lipinski definition) is 2. The molecule has 0 saturated heterocycles. The zero-order chi connectivity index (χ0) is 15.4. The van der Waals surface area contributed by atoms with Crippen LogP contribution in [0.25, 0.3) is 11.0 Å². The molecule has 1 fully saturated rings. The average Bonchev–Trinajstić information content (AvgIpc) is 2.73. The molecule has 2 aromatic rings. The Morgan fingerprint density at radius 3 is 2.76 bits per heavy atom. The number of nitrogens with two attached hydrogens (primary N) is 1. The van der Waals surface area contributed by atoms with Gasteiger partial charge in [0.1, 0.15) is 5.82 Å². The lowest BCUT2D eigenvalue weighted by Gasteiger charge is -2.46. The van der Waals surface area contributed by atoms with Gasteiger partial charge in [-0.3, -0.25) is 0 Å². The van der Waals surface area contributed by atoms with Gasteiger partial charge in [-0.1, -0.05) is 32.4 Å². The predicted molar refractivity (Wildman–Crippen MR) is 88.6 cm³/mol. The number of rotatable bonds is 1. The highest BCUT2D eigenvalue weighted by atomic mass is 35.5. The second-order valence-electron chi connectivity index (χ2n) is 7.07. The fourth-order valence-corrected chi connectivity index (χ4v) is 3.98. The SMILES string of the molecule is CC1C(N)CCC(c2nc3cc(Cl)ccc3n2C)C1(C)C. The van der Waals surface area contributed by atoms with Gasteiger partial charge in [-0.2, -0.15) is 0 Å². The molecule has 0 amide bonds. The van der Waals surface area contributed by atoms with Crippen molar-refractivity contribution in [2.45, 2.75) is 45.6 Å². The van der Waals surface area contributed by atoms with E-state index in [1.807, 2.05) is 12.1 Å². The van der Waals surface area contributed by atoms with E-state index in [-0.39, 0.29) is 5.41 Å². The maximum absolute atomic E-state index is 6.28. The second-order valence-corrected chi connectivity index (χ2v) is 7.50. The lowest BCUT2D eigenvalue weighted by Crippen LogP contribution is -2.46.